The molecule has 0 saturated heterocycles. The predicted molar refractivity (Wildman–Crippen MR) is 145 cm³/mol. The topological polar surface area (TPSA) is 176 Å². The zero-order valence-corrected chi connectivity index (χ0v) is 23.6. The molecule has 210 valence electrons. The molecule has 0 spiro atoms. The zero-order chi connectivity index (χ0) is 29.4. The number of rotatable bonds is 5. The minimum Gasteiger partial charge on any atom is -0.444 e. The van der Waals surface area contributed by atoms with Crippen LogP contribution in [0.15, 0.2) is 46.5 Å². The number of nitrogens with one attached hydrogen (secondary N) is 1. The molecule has 0 bridgehead atoms. The Hall–Kier alpha value is -3.99. The van der Waals surface area contributed by atoms with E-state index in [2.05, 4.69) is 10.3 Å². The van der Waals surface area contributed by atoms with Crippen molar-refractivity contribution in [2.45, 2.75) is 32.3 Å². The number of nitrogens with two attached hydrogens (primary N) is 1. The Morgan fingerprint density at radius 1 is 1.12 bits per heavy atom. The van der Waals surface area contributed by atoms with Crippen molar-refractivity contribution in [3.05, 3.63) is 63.5 Å². The molecule has 1 aromatic carbocycles. The molecule has 0 unspecified atom stereocenters. The molecule has 14 heteroatoms. The summed E-state index contributed by atoms with van der Waals surface area (Å²) in [5.74, 6) is -0.645. The van der Waals surface area contributed by atoms with Crippen LogP contribution in [0.25, 0.3) is 0 Å². The molecule has 12 nitrogen and oxygen atoms in total. The molecule has 40 heavy (non-hydrogen) atoms. The predicted octanol–water partition coefficient (Wildman–Crippen LogP) is 2.64. The molecule has 3 amide bonds. The van der Waals surface area contributed by atoms with Crippen molar-refractivity contribution in [2.75, 3.05) is 31.5 Å². The number of nitrogens with zero attached hydrogens (tertiary/aromatic N) is 4. The normalized spacial score (nSPS) is 15.1. The minimum atomic E-state index is -3.92. The van der Waals surface area contributed by atoms with Gasteiger partial charge in [0.1, 0.15) is 23.3 Å². The molecule has 2 aliphatic rings. The lowest BCUT2D eigenvalue weighted by Crippen LogP contribution is -2.37. The maximum absolute atomic E-state index is 12.9. The van der Waals surface area contributed by atoms with Crippen molar-refractivity contribution in [1.82, 2.24) is 14.8 Å². The molecule has 4 rings (SSSR count). The average Bonchev–Trinajstić information content (AvgIpc) is 3.46. The molecule has 0 atom stereocenters. The number of nitriles is 1. The van der Waals surface area contributed by atoms with Gasteiger partial charge in [-0.25, -0.2) is 23.3 Å². The number of anilines is 1. The third-order valence-electron chi connectivity index (χ3n) is 6.45. The van der Waals surface area contributed by atoms with Crippen LogP contribution in [0, 0.1) is 16.7 Å². The molecule has 3 N–H and O–H groups in total. The SMILES string of the molecule is CC(C)(C)C(=O)Nc1cc(C#N)c(Cl)cc1COC(=O)N1CC2=C(C1)CN(C(=O)c1ccc(S(N)(=O)=O)cn1)C2. The summed E-state index contributed by atoms with van der Waals surface area (Å²) < 4.78 is 28.3. The Labute approximate surface area is 236 Å². The van der Waals surface area contributed by atoms with Gasteiger partial charge < -0.3 is 19.9 Å². The van der Waals surface area contributed by atoms with E-state index in [0.717, 1.165) is 17.3 Å². The monoisotopic (exact) mass is 586 g/mol. The van der Waals surface area contributed by atoms with E-state index in [0.29, 0.717) is 24.3 Å². The van der Waals surface area contributed by atoms with E-state index >= 15 is 0 Å². The summed E-state index contributed by atoms with van der Waals surface area (Å²) in [5, 5.41) is 17.3. The number of sulfonamides is 1. The summed E-state index contributed by atoms with van der Waals surface area (Å²) in [5.41, 5.74) is 2.15. The van der Waals surface area contributed by atoms with Crippen LogP contribution in [-0.4, -0.2) is 67.3 Å². The first-order chi connectivity index (χ1) is 18.7. The van der Waals surface area contributed by atoms with Crippen LogP contribution in [-0.2, 0) is 26.2 Å². The van der Waals surface area contributed by atoms with Gasteiger partial charge in [0.25, 0.3) is 5.91 Å². The summed E-state index contributed by atoms with van der Waals surface area (Å²) in [6, 6.07) is 7.44. The highest BCUT2D eigenvalue weighted by Gasteiger charge is 2.35. The smallest absolute Gasteiger partial charge is 0.410 e. The second kappa shape index (κ2) is 10.9. The summed E-state index contributed by atoms with van der Waals surface area (Å²) in [4.78, 5) is 45.1. The van der Waals surface area contributed by atoms with Gasteiger partial charge in [0.05, 0.1) is 10.6 Å². The number of aromatic nitrogens is 1. The summed E-state index contributed by atoms with van der Waals surface area (Å²) in [6.07, 6.45) is 0.458. The fourth-order valence-electron chi connectivity index (χ4n) is 4.17. The molecule has 3 heterocycles. The van der Waals surface area contributed by atoms with Crippen LogP contribution in [0.3, 0.4) is 0 Å². The maximum Gasteiger partial charge on any atom is 0.410 e. The molecule has 0 fully saturated rings. The van der Waals surface area contributed by atoms with Gasteiger partial charge in [-0.15, -0.1) is 0 Å². The Morgan fingerprint density at radius 2 is 1.75 bits per heavy atom. The molecule has 0 radical (unpaired) electrons. The standard InChI is InChI=1S/C26H27ClN6O6S/c1-26(2,3)24(35)31-22-7-15(8-28)20(27)6-16(22)14-39-25(36)33-12-17-10-32(11-18(17)13-33)23(34)21-5-4-19(9-30-21)40(29,37)38/h4-7,9H,10-14H2,1-3H3,(H,31,35)(H2,29,37,38). The van der Waals surface area contributed by atoms with Gasteiger partial charge in [-0.3, -0.25) is 9.59 Å². The number of hydrogen-bond acceptors (Lipinski definition) is 8. The maximum atomic E-state index is 12.9. The number of benzene rings is 1. The highest BCUT2D eigenvalue weighted by molar-refractivity contribution is 7.89. The van der Waals surface area contributed by atoms with Crippen molar-refractivity contribution >= 4 is 45.2 Å². The number of pyridine rings is 1. The van der Waals surface area contributed by atoms with E-state index in [9.17, 15) is 28.1 Å². The first-order valence-corrected chi connectivity index (χ1v) is 14.0. The van der Waals surface area contributed by atoms with Crippen molar-refractivity contribution in [3.63, 3.8) is 0 Å². The van der Waals surface area contributed by atoms with Gasteiger partial charge in [-0.2, -0.15) is 5.26 Å². The van der Waals surface area contributed by atoms with Crippen LogP contribution < -0.4 is 10.5 Å². The number of amides is 3. The highest BCUT2D eigenvalue weighted by Crippen LogP contribution is 2.30. The van der Waals surface area contributed by atoms with Crippen LogP contribution >= 0.6 is 11.6 Å². The number of carbonyl (C=O) groups excluding carboxylic acids is 3. The van der Waals surface area contributed by atoms with Gasteiger partial charge in [-0.05, 0) is 35.4 Å². The first kappa shape index (κ1) is 29.0. The lowest BCUT2D eigenvalue weighted by Gasteiger charge is -2.23. The van der Waals surface area contributed by atoms with E-state index in [4.69, 9.17) is 21.5 Å². The third kappa shape index (κ3) is 6.25. The fraction of sp³-hybridized carbons (Fsp3) is 0.346. The lowest BCUT2D eigenvalue weighted by atomic mass is 9.95. The highest BCUT2D eigenvalue weighted by atomic mass is 35.5. The minimum absolute atomic E-state index is 0.0836. The second-order valence-electron chi connectivity index (χ2n) is 10.5. The molecule has 2 aromatic rings. The van der Waals surface area contributed by atoms with E-state index in [-0.39, 0.29) is 52.7 Å². The van der Waals surface area contributed by atoms with Crippen LogP contribution in [0.1, 0.15) is 42.4 Å². The van der Waals surface area contributed by atoms with Crippen LogP contribution in [0.2, 0.25) is 5.02 Å². The van der Waals surface area contributed by atoms with Crippen LogP contribution in [0.4, 0.5) is 10.5 Å². The first-order valence-electron chi connectivity index (χ1n) is 12.1. The Kier molecular flexibility index (Phi) is 7.89. The van der Waals surface area contributed by atoms with Gasteiger partial charge in [0.2, 0.25) is 15.9 Å². The largest absolute Gasteiger partial charge is 0.444 e. The molecule has 2 aliphatic heterocycles. The van der Waals surface area contributed by atoms with Crippen LogP contribution in [0.5, 0.6) is 0 Å². The number of carbonyl (C=O) groups is 3. The molecule has 1 aromatic heterocycles. The number of primary sulfonamides is 1. The van der Waals surface area contributed by atoms with Gasteiger partial charge in [-0.1, -0.05) is 32.4 Å². The van der Waals surface area contributed by atoms with E-state index < -0.39 is 21.5 Å². The average molecular weight is 587 g/mol. The van der Waals surface area contributed by atoms with Gasteiger partial charge in [0.15, 0.2) is 0 Å². The van der Waals surface area contributed by atoms with Crippen molar-refractivity contribution in [2.24, 2.45) is 10.6 Å². The summed E-state index contributed by atoms with van der Waals surface area (Å²) >= 11 is 6.18. The van der Waals surface area contributed by atoms with Gasteiger partial charge in [0, 0.05) is 49.0 Å². The summed E-state index contributed by atoms with van der Waals surface area (Å²) in [7, 11) is -3.92. The number of halogens is 1. The zero-order valence-electron chi connectivity index (χ0n) is 22.0. The molecule has 0 aliphatic carbocycles. The molecular weight excluding hydrogens is 560 g/mol. The Morgan fingerprint density at radius 3 is 2.27 bits per heavy atom. The Balaban J connectivity index is 1.36. The van der Waals surface area contributed by atoms with Gasteiger partial charge >= 0.3 is 6.09 Å². The number of ether oxygens (including phenoxy) is 1. The third-order valence-corrected chi connectivity index (χ3v) is 7.66. The lowest BCUT2D eigenvalue weighted by molar-refractivity contribution is -0.123. The molecule has 0 saturated carbocycles. The molecular formula is C26H27ClN6O6S. The van der Waals surface area contributed by atoms with E-state index in [1.54, 1.807) is 25.7 Å². The quantitative estimate of drug-likeness (QED) is 0.502. The van der Waals surface area contributed by atoms with Crippen molar-refractivity contribution in [1.29, 1.82) is 5.26 Å². The number of hydrogen-bond donors (Lipinski definition) is 2. The van der Waals surface area contributed by atoms with Crippen molar-refractivity contribution < 1.29 is 27.5 Å². The van der Waals surface area contributed by atoms with E-state index in [1.165, 1.54) is 29.2 Å². The second-order valence-corrected chi connectivity index (χ2v) is 12.5. The van der Waals surface area contributed by atoms with E-state index in [1.807, 2.05) is 6.07 Å². The Bertz CT molecular complexity index is 1560. The summed E-state index contributed by atoms with van der Waals surface area (Å²) in [6.45, 7) is 6.20. The fourth-order valence-corrected chi connectivity index (χ4v) is 4.85. The van der Waals surface area contributed by atoms with Crippen molar-refractivity contribution in [3.8, 4) is 6.07 Å².